The number of carbonyl (C=O) groups is 1. The lowest BCUT2D eigenvalue weighted by atomic mass is 10.1. The second-order valence-corrected chi connectivity index (χ2v) is 5.31. The molecule has 88 valence electrons. The molecule has 0 aromatic carbocycles. The van der Waals surface area contributed by atoms with Crippen LogP contribution < -0.4 is 0 Å². The van der Waals surface area contributed by atoms with Crippen molar-refractivity contribution < 1.29 is 4.79 Å². The molecular weight excluding hydrogens is 222 g/mol. The fraction of sp³-hybridized carbons (Fsp3) is 0.636. The molecule has 1 aliphatic rings. The fourth-order valence-electron chi connectivity index (χ4n) is 1.96. The largest absolute Gasteiger partial charge is 0.303 e. The molecule has 2 rings (SSSR count). The van der Waals surface area contributed by atoms with Crippen molar-refractivity contribution in [3.8, 4) is 0 Å². The molecule has 0 N–H and O–H groups in total. The number of nitrogens with zero attached hydrogens (tertiary/aromatic N) is 3. The van der Waals surface area contributed by atoms with Gasteiger partial charge in [0.05, 0.1) is 17.5 Å². The first-order valence-corrected chi connectivity index (χ1v) is 6.34. The van der Waals surface area contributed by atoms with E-state index >= 15 is 0 Å². The van der Waals surface area contributed by atoms with Crippen molar-refractivity contribution in [1.82, 2.24) is 14.8 Å². The lowest BCUT2D eigenvalue weighted by molar-refractivity contribution is -0.125. The molecule has 0 spiro atoms. The second kappa shape index (κ2) is 5.03. The molecule has 1 saturated heterocycles. The zero-order valence-corrected chi connectivity index (χ0v) is 10.5. The van der Waals surface area contributed by atoms with Crippen LogP contribution in [0.1, 0.15) is 5.01 Å². The van der Waals surface area contributed by atoms with Crippen molar-refractivity contribution in [2.75, 3.05) is 33.7 Å². The molecule has 0 amide bonds. The molecule has 1 fully saturated rings. The Kier molecular flexibility index (Phi) is 3.68. The summed E-state index contributed by atoms with van der Waals surface area (Å²) in [7, 11) is 4.09. The van der Waals surface area contributed by atoms with Gasteiger partial charge in [0, 0.05) is 31.2 Å². The third-order valence-electron chi connectivity index (χ3n) is 3.03. The highest BCUT2D eigenvalue weighted by atomic mass is 32.1. The lowest BCUT2D eigenvalue weighted by Crippen LogP contribution is -2.53. The third-order valence-corrected chi connectivity index (χ3v) is 3.81. The highest BCUT2D eigenvalue weighted by Gasteiger charge is 2.28. The van der Waals surface area contributed by atoms with Crippen LogP contribution in [0.2, 0.25) is 0 Å². The monoisotopic (exact) mass is 239 g/mol. The van der Waals surface area contributed by atoms with E-state index in [0.717, 1.165) is 24.6 Å². The minimum atomic E-state index is 0.0302. The predicted octanol–water partition coefficient (Wildman–Crippen LogP) is 0.500. The molecule has 0 radical (unpaired) electrons. The van der Waals surface area contributed by atoms with Crippen LogP contribution in [0.15, 0.2) is 11.6 Å². The number of likely N-dealkylation sites (N-methyl/N-ethyl adjacent to an activating group) is 2. The van der Waals surface area contributed by atoms with E-state index in [2.05, 4.69) is 21.8 Å². The Hall–Kier alpha value is -0.780. The van der Waals surface area contributed by atoms with E-state index in [9.17, 15) is 4.79 Å². The molecule has 1 aromatic rings. The van der Waals surface area contributed by atoms with E-state index in [0.29, 0.717) is 6.42 Å². The van der Waals surface area contributed by atoms with Gasteiger partial charge in [-0.3, -0.25) is 9.69 Å². The molecule has 1 aliphatic heterocycles. The van der Waals surface area contributed by atoms with Crippen molar-refractivity contribution in [1.29, 1.82) is 0 Å². The second-order valence-electron chi connectivity index (χ2n) is 4.33. The van der Waals surface area contributed by atoms with Gasteiger partial charge in [0.25, 0.3) is 0 Å². The normalized spacial score (nSPS) is 23.5. The summed E-state index contributed by atoms with van der Waals surface area (Å²) in [5.41, 5.74) is 0. The predicted molar refractivity (Wildman–Crippen MR) is 64.7 cm³/mol. The number of hydrogen-bond acceptors (Lipinski definition) is 5. The summed E-state index contributed by atoms with van der Waals surface area (Å²) in [6.07, 6.45) is 2.23. The summed E-state index contributed by atoms with van der Waals surface area (Å²) < 4.78 is 0. The minimum absolute atomic E-state index is 0.0302. The number of aromatic nitrogens is 1. The van der Waals surface area contributed by atoms with Gasteiger partial charge in [-0.15, -0.1) is 11.3 Å². The fourth-order valence-corrected chi connectivity index (χ4v) is 2.59. The smallest absolute Gasteiger partial charge is 0.158 e. The summed E-state index contributed by atoms with van der Waals surface area (Å²) in [5, 5.41) is 2.84. The number of ketones is 1. The Labute approximate surface area is 99.9 Å². The van der Waals surface area contributed by atoms with E-state index in [4.69, 9.17) is 0 Å². The quantitative estimate of drug-likeness (QED) is 0.769. The standard InChI is InChI=1S/C11H17N3OS/c1-13-4-5-14(2)9(8-13)10(15)7-11-12-3-6-16-11/h3,6,9H,4-5,7-8H2,1-2H3. The first kappa shape index (κ1) is 11.7. The van der Waals surface area contributed by atoms with E-state index in [1.807, 2.05) is 12.4 Å². The summed E-state index contributed by atoms with van der Waals surface area (Å²) >= 11 is 1.55. The van der Waals surface area contributed by atoms with E-state index in [1.54, 1.807) is 17.5 Å². The van der Waals surface area contributed by atoms with Gasteiger partial charge in [0.15, 0.2) is 5.78 Å². The Balaban J connectivity index is 1.97. The van der Waals surface area contributed by atoms with Crippen LogP contribution in [-0.4, -0.2) is 60.3 Å². The molecule has 5 heteroatoms. The lowest BCUT2D eigenvalue weighted by Gasteiger charge is -2.36. The molecule has 1 atom stereocenters. The maximum absolute atomic E-state index is 12.1. The van der Waals surface area contributed by atoms with Gasteiger partial charge in [-0.2, -0.15) is 0 Å². The van der Waals surface area contributed by atoms with Gasteiger partial charge in [-0.05, 0) is 14.1 Å². The molecule has 0 saturated carbocycles. The average Bonchev–Trinajstić information content (AvgIpc) is 2.74. The van der Waals surface area contributed by atoms with Crippen molar-refractivity contribution in [2.45, 2.75) is 12.5 Å². The van der Waals surface area contributed by atoms with Crippen LogP contribution in [0.25, 0.3) is 0 Å². The van der Waals surface area contributed by atoms with Gasteiger partial charge < -0.3 is 4.90 Å². The molecule has 4 nitrogen and oxygen atoms in total. The Bertz CT molecular complexity index is 352. The number of thiazole rings is 1. The van der Waals surface area contributed by atoms with E-state index in [-0.39, 0.29) is 11.8 Å². The number of carbonyl (C=O) groups excluding carboxylic acids is 1. The third kappa shape index (κ3) is 2.66. The molecule has 0 bridgehead atoms. The van der Waals surface area contributed by atoms with Gasteiger partial charge in [0.2, 0.25) is 0 Å². The summed E-state index contributed by atoms with van der Waals surface area (Å²) in [6, 6.07) is 0.0302. The molecule has 2 heterocycles. The van der Waals surface area contributed by atoms with Crippen LogP contribution in [0.4, 0.5) is 0 Å². The number of piperazine rings is 1. The molecule has 0 aliphatic carbocycles. The summed E-state index contributed by atoms with van der Waals surface area (Å²) in [5.74, 6) is 0.281. The van der Waals surface area contributed by atoms with Crippen molar-refractivity contribution in [2.24, 2.45) is 0 Å². The summed E-state index contributed by atoms with van der Waals surface area (Å²) in [6.45, 7) is 2.84. The SMILES string of the molecule is CN1CCN(C)C(C(=O)Cc2nccs2)C1. The van der Waals surface area contributed by atoms with Gasteiger partial charge in [-0.25, -0.2) is 4.98 Å². The molecule has 1 unspecified atom stereocenters. The molecule has 1 aromatic heterocycles. The van der Waals surface area contributed by atoms with Crippen molar-refractivity contribution in [3.63, 3.8) is 0 Å². The minimum Gasteiger partial charge on any atom is -0.303 e. The highest BCUT2D eigenvalue weighted by molar-refractivity contribution is 7.09. The topological polar surface area (TPSA) is 36.4 Å². The Morgan fingerprint density at radius 1 is 1.56 bits per heavy atom. The maximum atomic E-state index is 12.1. The number of rotatable bonds is 3. The van der Waals surface area contributed by atoms with Gasteiger partial charge in [0.1, 0.15) is 0 Å². The molecular formula is C11H17N3OS. The molecule has 16 heavy (non-hydrogen) atoms. The average molecular weight is 239 g/mol. The Morgan fingerprint density at radius 3 is 3.06 bits per heavy atom. The van der Waals surface area contributed by atoms with Gasteiger partial charge >= 0.3 is 0 Å². The van der Waals surface area contributed by atoms with Crippen LogP contribution in [0.5, 0.6) is 0 Å². The number of hydrogen-bond donors (Lipinski definition) is 0. The van der Waals surface area contributed by atoms with Gasteiger partial charge in [-0.1, -0.05) is 0 Å². The van der Waals surface area contributed by atoms with Crippen molar-refractivity contribution in [3.05, 3.63) is 16.6 Å². The zero-order valence-electron chi connectivity index (χ0n) is 9.72. The van der Waals surface area contributed by atoms with Crippen LogP contribution >= 0.6 is 11.3 Å². The first-order valence-electron chi connectivity index (χ1n) is 5.46. The van der Waals surface area contributed by atoms with Crippen LogP contribution in [0, 0.1) is 0 Å². The van der Waals surface area contributed by atoms with E-state index < -0.39 is 0 Å². The van der Waals surface area contributed by atoms with E-state index in [1.165, 1.54) is 0 Å². The number of Topliss-reactive ketones (excluding diaryl/α,β-unsaturated/α-hetero) is 1. The highest BCUT2D eigenvalue weighted by Crippen LogP contribution is 2.12. The zero-order chi connectivity index (χ0) is 11.5. The van der Waals surface area contributed by atoms with Crippen molar-refractivity contribution >= 4 is 17.1 Å². The summed E-state index contributed by atoms with van der Waals surface area (Å²) in [4.78, 5) is 20.6. The first-order chi connectivity index (χ1) is 7.66. The van der Waals surface area contributed by atoms with Crippen LogP contribution in [-0.2, 0) is 11.2 Å². The Morgan fingerprint density at radius 2 is 2.38 bits per heavy atom. The maximum Gasteiger partial charge on any atom is 0.158 e. The van der Waals surface area contributed by atoms with Crippen LogP contribution in [0.3, 0.4) is 0 Å².